The van der Waals surface area contributed by atoms with Crippen LogP contribution in [0, 0.1) is 0 Å². The van der Waals surface area contributed by atoms with Gasteiger partial charge in [0.1, 0.15) is 16.6 Å². The van der Waals surface area contributed by atoms with Crippen LogP contribution in [-0.4, -0.2) is 38.6 Å². The van der Waals surface area contributed by atoms with E-state index in [0.29, 0.717) is 33.7 Å². The summed E-state index contributed by atoms with van der Waals surface area (Å²) < 4.78 is 12.8. The van der Waals surface area contributed by atoms with Crippen LogP contribution >= 0.6 is 23.2 Å². The van der Waals surface area contributed by atoms with Gasteiger partial charge in [-0.15, -0.1) is 0 Å². The van der Waals surface area contributed by atoms with Crippen molar-refractivity contribution in [3.8, 4) is 22.8 Å². The normalized spacial score (nSPS) is 11.4. The van der Waals surface area contributed by atoms with Crippen molar-refractivity contribution in [3.63, 3.8) is 0 Å². The number of benzene rings is 1. The van der Waals surface area contributed by atoms with Crippen LogP contribution < -0.4 is 9.47 Å². The number of aromatic nitrogens is 5. The predicted octanol–water partition coefficient (Wildman–Crippen LogP) is 5.19. The summed E-state index contributed by atoms with van der Waals surface area (Å²) in [5.41, 5.74) is 4.78. The molecule has 4 aromatic heterocycles. The lowest BCUT2D eigenvalue weighted by molar-refractivity contribution is 0.355. The van der Waals surface area contributed by atoms with Crippen LogP contribution in [0.4, 0.5) is 0 Å². The van der Waals surface area contributed by atoms with Crippen LogP contribution in [0.25, 0.3) is 28.1 Å². The monoisotopic (exact) mass is 453 g/mol. The lowest BCUT2D eigenvalue weighted by atomic mass is 10.1. The molecule has 9 heteroatoms. The number of methoxy groups -OCH3 is 2. The molecule has 0 aliphatic heterocycles. The molecule has 1 aromatic carbocycles. The first kappa shape index (κ1) is 19.7. The minimum atomic E-state index is 0.412. The second-order valence-corrected chi connectivity index (χ2v) is 7.72. The van der Waals surface area contributed by atoms with Gasteiger partial charge in [0.15, 0.2) is 17.1 Å². The van der Waals surface area contributed by atoms with Gasteiger partial charge in [-0.3, -0.25) is 4.40 Å². The largest absolute Gasteiger partial charge is 0.493 e. The Labute approximate surface area is 187 Å². The zero-order valence-corrected chi connectivity index (χ0v) is 18.2. The average Bonchev–Trinajstić information content (AvgIpc) is 3.35. The third-order valence-electron chi connectivity index (χ3n) is 5.00. The standard InChI is InChI=1S/C22H17Cl2N5O2/c1-30-17-9-13(14(23)10-18(17)31-2)16-4-3-5-21-25-12(11-29(16)21)8-20-26-15-6-7-19(24)27-22(15)28-20/h3-7,9-11H,8H2,1-2H3,(H,26,27,28). The highest BCUT2D eigenvalue weighted by Crippen LogP contribution is 2.38. The summed E-state index contributed by atoms with van der Waals surface area (Å²) in [5.74, 6) is 1.94. The summed E-state index contributed by atoms with van der Waals surface area (Å²) >= 11 is 12.5. The average molecular weight is 454 g/mol. The fourth-order valence-corrected chi connectivity index (χ4v) is 3.98. The van der Waals surface area contributed by atoms with E-state index in [2.05, 4.69) is 15.0 Å². The third kappa shape index (κ3) is 3.56. The van der Waals surface area contributed by atoms with E-state index in [1.165, 1.54) is 0 Å². The van der Waals surface area contributed by atoms with Gasteiger partial charge < -0.3 is 14.5 Å². The summed E-state index contributed by atoms with van der Waals surface area (Å²) in [6.45, 7) is 0. The lowest BCUT2D eigenvalue weighted by Crippen LogP contribution is -1.95. The van der Waals surface area contributed by atoms with Gasteiger partial charge >= 0.3 is 0 Å². The van der Waals surface area contributed by atoms with Crippen molar-refractivity contribution in [2.75, 3.05) is 14.2 Å². The highest BCUT2D eigenvalue weighted by molar-refractivity contribution is 6.33. The number of hydrogen-bond donors (Lipinski definition) is 1. The molecule has 0 unspecified atom stereocenters. The number of aromatic amines is 1. The molecule has 0 saturated heterocycles. The van der Waals surface area contributed by atoms with E-state index in [-0.39, 0.29) is 0 Å². The Morgan fingerprint density at radius 3 is 2.58 bits per heavy atom. The number of nitrogens with zero attached hydrogens (tertiary/aromatic N) is 4. The van der Waals surface area contributed by atoms with Crippen LogP contribution in [0.1, 0.15) is 11.5 Å². The number of rotatable bonds is 5. The van der Waals surface area contributed by atoms with E-state index < -0.39 is 0 Å². The molecule has 0 radical (unpaired) electrons. The SMILES string of the molecule is COc1cc(Cl)c(-c2cccc3nc(Cc4nc5nc(Cl)ccc5[nH]4)cn23)cc1OC. The molecule has 5 aromatic rings. The number of imidazole rings is 2. The zero-order valence-electron chi connectivity index (χ0n) is 16.7. The van der Waals surface area contributed by atoms with E-state index in [0.717, 1.165) is 33.9 Å². The Balaban J connectivity index is 1.56. The molecule has 7 nitrogen and oxygen atoms in total. The molecule has 0 saturated carbocycles. The predicted molar refractivity (Wildman–Crippen MR) is 120 cm³/mol. The van der Waals surface area contributed by atoms with E-state index in [1.807, 2.05) is 40.9 Å². The van der Waals surface area contributed by atoms with Crippen molar-refractivity contribution in [2.45, 2.75) is 6.42 Å². The van der Waals surface area contributed by atoms with Gasteiger partial charge in [-0.1, -0.05) is 29.3 Å². The van der Waals surface area contributed by atoms with Crippen molar-refractivity contribution in [1.82, 2.24) is 24.3 Å². The van der Waals surface area contributed by atoms with Crippen LogP contribution in [0.5, 0.6) is 11.5 Å². The van der Waals surface area contributed by atoms with Crippen molar-refractivity contribution < 1.29 is 9.47 Å². The van der Waals surface area contributed by atoms with E-state index in [9.17, 15) is 0 Å². The van der Waals surface area contributed by atoms with Gasteiger partial charge in [0.05, 0.1) is 36.1 Å². The quantitative estimate of drug-likeness (QED) is 0.370. The number of H-pyrrole nitrogens is 1. The van der Waals surface area contributed by atoms with Gasteiger partial charge in [-0.05, 0) is 30.3 Å². The topological polar surface area (TPSA) is 77.3 Å². The minimum Gasteiger partial charge on any atom is -0.493 e. The highest BCUT2D eigenvalue weighted by Gasteiger charge is 2.15. The second kappa shape index (κ2) is 7.76. The molecule has 0 amide bonds. The van der Waals surface area contributed by atoms with Crippen molar-refractivity contribution in [1.29, 1.82) is 0 Å². The first-order valence-corrected chi connectivity index (χ1v) is 10.2. The molecule has 0 spiro atoms. The first-order chi connectivity index (χ1) is 15.1. The Hall–Kier alpha value is -3.29. The van der Waals surface area contributed by atoms with E-state index >= 15 is 0 Å². The second-order valence-electron chi connectivity index (χ2n) is 6.92. The molecule has 31 heavy (non-hydrogen) atoms. The molecule has 0 aliphatic rings. The maximum Gasteiger partial charge on any atom is 0.179 e. The maximum atomic E-state index is 6.56. The summed E-state index contributed by atoms with van der Waals surface area (Å²) in [5, 5.41) is 0.968. The number of pyridine rings is 2. The summed E-state index contributed by atoms with van der Waals surface area (Å²) in [4.78, 5) is 16.8. The molecule has 0 atom stereocenters. The molecule has 4 heterocycles. The zero-order chi connectivity index (χ0) is 21.5. The first-order valence-electron chi connectivity index (χ1n) is 9.45. The number of hydrogen-bond acceptors (Lipinski definition) is 5. The Kier molecular flexibility index (Phi) is 4.92. The summed E-state index contributed by atoms with van der Waals surface area (Å²) in [7, 11) is 3.18. The minimum absolute atomic E-state index is 0.412. The van der Waals surface area contributed by atoms with Crippen molar-refractivity contribution in [2.24, 2.45) is 0 Å². The third-order valence-corrected chi connectivity index (χ3v) is 5.52. The lowest BCUT2D eigenvalue weighted by Gasteiger charge is -2.13. The molecule has 0 bridgehead atoms. The Morgan fingerprint density at radius 1 is 0.968 bits per heavy atom. The van der Waals surface area contributed by atoms with Crippen molar-refractivity contribution in [3.05, 3.63) is 70.4 Å². The number of ether oxygens (including phenoxy) is 2. The maximum absolute atomic E-state index is 6.56. The Morgan fingerprint density at radius 2 is 1.77 bits per heavy atom. The number of nitrogens with one attached hydrogen (secondary N) is 1. The molecule has 0 fully saturated rings. The smallest absolute Gasteiger partial charge is 0.179 e. The van der Waals surface area contributed by atoms with Gasteiger partial charge in [0, 0.05) is 24.2 Å². The van der Waals surface area contributed by atoms with Crippen molar-refractivity contribution >= 4 is 40.0 Å². The Bertz CT molecular complexity index is 1430. The van der Waals surface area contributed by atoms with Crippen LogP contribution in [0.3, 0.4) is 0 Å². The molecule has 5 rings (SSSR count). The van der Waals surface area contributed by atoms with Crippen LogP contribution in [0.15, 0.2) is 48.7 Å². The molecular weight excluding hydrogens is 437 g/mol. The molecular formula is C22H17Cl2N5O2. The molecule has 0 aliphatic carbocycles. The van der Waals surface area contributed by atoms with Crippen LogP contribution in [-0.2, 0) is 6.42 Å². The van der Waals surface area contributed by atoms with Gasteiger partial charge in [-0.2, -0.15) is 0 Å². The van der Waals surface area contributed by atoms with Crippen LogP contribution in [0.2, 0.25) is 10.2 Å². The number of halogens is 2. The van der Waals surface area contributed by atoms with Gasteiger partial charge in [-0.25, -0.2) is 15.0 Å². The van der Waals surface area contributed by atoms with Gasteiger partial charge in [0.2, 0.25) is 0 Å². The van der Waals surface area contributed by atoms with E-state index in [4.69, 9.17) is 37.7 Å². The number of fused-ring (bicyclic) bond motifs is 2. The van der Waals surface area contributed by atoms with Gasteiger partial charge in [0.25, 0.3) is 0 Å². The molecule has 156 valence electrons. The fraction of sp³-hybridized carbons (Fsp3) is 0.136. The highest BCUT2D eigenvalue weighted by atomic mass is 35.5. The molecule has 1 N–H and O–H groups in total. The van der Waals surface area contributed by atoms with E-state index in [1.54, 1.807) is 26.4 Å². The fourth-order valence-electron chi connectivity index (χ4n) is 3.59. The summed E-state index contributed by atoms with van der Waals surface area (Å²) in [6, 6.07) is 13.1. The summed E-state index contributed by atoms with van der Waals surface area (Å²) in [6.07, 6.45) is 2.50.